The van der Waals surface area contributed by atoms with E-state index in [1.807, 2.05) is 24.3 Å². The zero-order valence-electron chi connectivity index (χ0n) is 19.2. The van der Waals surface area contributed by atoms with Crippen LogP contribution in [0.15, 0.2) is 82.4 Å². The predicted octanol–water partition coefficient (Wildman–Crippen LogP) is 4.72. The molecule has 1 heterocycles. The van der Waals surface area contributed by atoms with Crippen molar-refractivity contribution < 1.29 is 13.6 Å². The van der Waals surface area contributed by atoms with Crippen LogP contribution in [-0.2, 0) is 24.3 Å². The molecule has 0 atom stereocenters. The minimum Gasteiger partial charge on any atom is -0.295 e. The van der Waals surface area contributed by atoms with Crippen molar-refractivity contribution in [2.75, 3.05) is 0 Å². The normalized spacial score (nSPS) is 11.4. The van der Waals surface area contributed by atoms with Crippen molar-refractivity contribution in [3.05, 3.63) is 122 Å². The molecule has 35 heavy (non-hydrogen) atoms. The van der Waals surface area contributed by atoms with E-state index in [0.717, 1.165) is 21.3 Å². The molecule has 0 aliphatic heterocycles. The van der Waals surface area contributed by atoms with Crippen LogP contribution >= 0.6 is 0 Å². The first-order valence-electron chi connectivity index (χ1n) is 11.3. The summed E-state index contributed by atoms with van der Waals surface area (Å²) in [5.74, 6) is -0.883. The highest BCUT2D eigenvalue weighted by molar-refractivity contribution is 5.93. The lowest BCUT2D eigenvalue weighted by atomic mass is 10.1. The summed E-state index contributed by atoms with van der Waals surface area (Å²) in [5, 5.41) is 0.239. The molecular formula is C28H24F2N2O3. The molecule has 0 bridgehead atoms. The lowest BCUT2D eigenvalue weighted by Gasteiger charge is -2.15. The topological polar surface area (TPSA) is 61.1 Å². The van der Waals surface area contributed by atoms with Crippen LogP contribution in [0.3, 0.4) is 0 Å². The molecule has 5 nitrogen and oxygen atoms in total. The van der Waals surface area contributed by atoms with Crippen molar-refractivity contribution >= 4 is 22.8 Å². The van der Waals surface area contributed by atoms with Gasteiger partial charge in [0.1, 0.15) is 11.6 Å². The molecule has 0 aliphatic rings. The van der Waals surface area contributed by atoms with Crippen LogP contribution in [0, 0.1) is 11.6 Å². The Morgan fingerprint density at radius 3 is 2.20 bits per heavy atom. The van der Waals surface area contributed by atoms with E-state index in [1.54, 1.807) is 25.1 Å². The number of ketones is 1. The maximum absolute atomic E-state index is 14.1. The van der Waals surface area contributed by atoms with Gasteiger partial charge in [-0.3, -0.25) is 18.7 Å². The van der Waals surface area contributed by atoms with Crippen molar-refractivity contribution in [3.8, 4) is 0 Å². The zero-order valence-corrected chi connectivity index (χ0v) is 19.2. The van der Waals surface area contributed by atoms with Gasteiger partial charge in [-0.2, -0.15) is 0 Å². The average Bonchev–Trinajstić information content (AvgIpc) is 2.86. The maximum Gasteiger partial charge on any atom is 0.331 e. The van der Waals surface area contributed by atoms with Gasteiger partial charge in [-0.05, 0) is 59.5 Å². The molecule has 4 rings (SSSR count). The quantitative estimate of drug-likeness (QED) is 0.347. The van der Waals surface area contributed by atoms with Crippen molar-refractivity contribution in [1.29, 1.82) is 0 Å². The molecular weight excluding hydrogens is 450 g/mol. The minimum absolute atomic E-state index is 0.0250. The molecule has 178 valence electrons. The Morgan fingerprint density at radius 1 is 0.857 bits per heavy atom. The fourth-order valence-electron chi connectivity index (χ4n) is 3.86. The van der Waals surface area contributed by atoms with E-state index in [2.05, 4.69) is 0 Å². The van der Waals surface area contributed by atoms with Crippen LogP contribution < -0.4 is 11.2 Å². The molecule has 0 saturated carbocycles. The van der Waals surface area contributed by atoms with E-state index < -0.39 is 17.1 Å². The van der Waals surface area contributed by atoms with E-state index in [-0.39, 0.29) is 35.6 Å². The van der Waals surface area contributed by atoms with Gasteiger partial charge in [-0.25, -0.2) is 13.6 Å². The molecule has 3 aromatic carbocycles. The molecule has 7 heteroatoms. The fraction of sp³-hybridized carbons (Fsp3) is 0.179. The number of rotatable bonds is 8. The van der Waals surface area contributed by atoms with E-state index in [4.69, 9.17) is 0 Å². The summed E-state index contributed by atoms with van der Waals surface area (Å²) < 4.78 is 29.8. The van der Waals surface area contributed by atoms with Gasteiger partial charge in [0.2, 0.25) is 0 Å². The summed E-state index contributed by atoms with van der Waals surface area (Å²) in [6.07, 6.45) is 4.03. The molecule has 0 spiro atoms. The Kier molecular flexibility index (Phi) is 7.15. The third kappa shape index (κ3) is 5.51. The minimum atomic E-state index is -0.548. The summed E-state index contributed by atoms with van der Waals surface area (Å²) in [7, 11) is 0. The van der Waals surface area contributed by atoms with Gasteiger partial charge in [0, 0.05) is 13.0 Å². The van der Waals surface area contributed by atoms with Crippen molar-refractivity contribution in [2.24, 2.45) is 0 Å². The molecule has 0 radical (unpaired) electrons. The largest absolute Gasteiger partial charge is 0.331 e. The molecule has 4 aromatic rings. The molecule has 0 amide bonds. The Labute approximate surface area is 200 Å². The van der Waals surface area contributed by atoms with Gasteiger partial charge in [0.05, 0.1) is 17.4 Å². The molecule has 1 aromatic heterocycles. The van der Waals surface area contributed by atoms with Crippen LogP contribution in [0.2, 0.25) is 0 Å². The number of carbonyl (C=O) groups excluding carboxylic acids is 1. The van der Waals surface area contributed by atoms with E-state index in [0.29, 0.717) is 12.8 Å². The first-order chi connectivity index (χ1) is 16.9. The monoisotopic (exact) mass is 474 g/mol. The van der Waals surface area contributed by atoms with Crippen LogP contribution in [0.4, 0.5) is 8.78 Å². The lowest BCUT2D eigenvalue weighted by molar-refractivity contribution is -0.114. The van der Waals surface area contributed by atoms with E-state index in [9.17, 15) is 23.2 Å². The summed E-state index contributed by atoms with van der Waals surface area (Å²) in [6, 6.07) is 16.9. The summed E-state index contributed by atoms with van der Waals surface area (Å²) in [5.41, 5.74) is 1.57. The number of allylic oxidation sites excluding steroid dienone is 1. The lowest BCUT2D eigenvalue weighted by Crippen LogP contribution is -2.40. The zero-order chi connectivity index (χ0) is 24.9. The number of nitrogens with zero attached hydrogens (tertiary/aromatic N) is 2. The standard InChI is InChI=1S/C28H24F2N2O3/c1-2-24(33)13-9-19-3-5-21(6-4-19)18-32-26-17-23(30)12-14-25(26)27(34)31(28(32)35)16-15-20-7-10-22(29)11-8-20/h3-14,17H,2,15-16,18H2,1H3/b13-9+. The second kappa shape index (κ2) is 10.4. The Hall–Kier alpha value is -4.13. The number of hydrogen-bond acceptors (Lipinski definition) is 3. The first kappa shape index (κ1) is 24.0. The van der Waals surface area contributed by atoms with Crippen LogP contribution in [0.5, 0.6) is 0 Å². The highest BCUT2D eigenvalue weighted by Gasteiger charge is 2.14. The number of benzene rings is 3. The molecule has 0 N–H and O–H groups in total. The smallest absolute Gasteiger partial charge is 0.295 e. The number of aryl methyl sites for hydroxylation is 1. The average molecular weight is 475 g/mol. The van der Waals surface area contributed by atoms with Gasteiger partial charge in [-0.1, -0.05) is 49.4 Å². The van der Waals surface area contributed by atoms with Gasteiger partial charge >= 0.3 is 5.69 Å². The second-order valence-corrected chi connectivity index (χ2v) is 8.26. The Morgan fingerprint density at radius 2 is 1.51 bits per heavy atom. The van der Waals surface area contributed by atoms with E-state index >= 15 is 0 Å². The summed E-state index contributed by atoms with van der Waals surface area (Å²) in [4.78, 5) is 37.9. The van der Waals surface area contributed by atoms with E-state index in [1.165, 1.54) is 41.0 Å². The Balaban J connectivity index is 1.70. The second-order valence-electron chi connectivity index (χ2n) is 8.26. The highest BCUT2D eigenvalue weighted by atomic mass is 19.1. The summed E-state index contributed by atoms with van der Waals surface area (Å²) in [6.45, 7) is 2.03. The number of hydrogen-bond donors (Lipinski definition) is 0. The maximum atomic E-state index is 14.1. The number of carbonyl (C=O) groups is 1. The van der Waals surface area contributed by atoms with Crippen molar-refractivity contribution in [3.63, 3.8) is 0 Å². The highest BCUT2D eigenvalue weighted by Crippen LogP contribution is 2.14. The van der Waals surface area contributed by atoms with Gasteiger partial charge in [0.15, 0.2) is 5.78 Å². The SMILES string of the molecule is CCC(=O)/C=C/c1ccc(Cn2c(=O)n(CCc3ccc(F)cc3)c(=O)c3ccc(F)cc32)cc1. The first-order valence-corrected chi connectivity index (χ1v) is 11.3. The molecule has 0 unspecified atom stereocenters. The van der Waals surface area contributed by atoms with Crippen LogP contribution in [0.25, 0.3) is 17.0 Å². The number of fused-ring (bicyclic) bond motifs is 1. The number of halogens is 2. The fourth-order valence-corrected chi connectivity index (χ4v) is 3.86. The number of aromatic nitrogens is 2. The van der Waals surface area contributed by atoms with Gasteiger partial charge < -0.3 is 0 Å². The molecule has 0 fully saturated rings. The summed E-state index contributed by atoms with van der Waals surface area (Å²) >= 11 is 0. The molecule has 0 aliphatic carbocycles. The molecule has 0 saturated heterocycles. The van der Waals surface area contributed by atoms with Crippen LogP contribution in [0.1, 0.15) is 30.0 Å². The third-order valence-corrected chi connectivity index (χ3v) is 5.86. The Bertz CT molecular complexity index is 1520. The third-order valence-electron chi connectivity index (χ3n) is 5.86. The predicted molar refractivity (Wildman–Crippen MR) is 132 cm³/mol. The van der Waals surface area contributed by atoms with Crippen LogP contribution in [-0.4, -0.2) is 14.9 Å². The van der Waals surface area contributed by atoms with Crippen molar-refractivity contribution in [1.82, 2.24) is 9.13 Å². The van der Waals surface area contributed by atoms with Gasteiger partial charge in [0.25, 0.3) is 5.56 Å². The van der Waals surface area contributed by atoms with Gasteiger partial charge in [-0.15, -0.1) is 0 Å². The van der Waals surface area contributed by atoms with Crippen molar-refractivity contribution in [2.45, 2.75) is 32.9 Å².